The molecule has 2 aliphatic rings. The maximum Gasteiger partial charge on any atom is 0.0306 e. The number of rotatable bonds is 3. The SMILES string of the molecule is CCC1(CN2C(C)CCCC2C)CCCN1. The summed E-state index contributed by atoms with van der Waals surface area (Å²) in [5, 5.41) is 3.77. The van der Waals surface area contributed by atoms with Gasteiger partial charge in [-0.15, -0.1) is 0 Å². The zero-order chi connectivity index (χ0) is 11.6. The first-order valence-electron chi connectivity index (χ1n) is 7.18. The molecule has 3 atom stereocenters. The first kappa shape index (κ1) is 12.4. The zero-order valence-electron chi connectivity index (χ0n) is 11.3. The van der Waals surface area contributed by atoms with Gasteiger partial charge in [0.2, 0.25) is 0 Å². The predicted octanol–water partition coefficient (Wildman–Crippen LogP) is 2.78. The van der Waals surface area contributed by atoms with Crippen LogP contribution >= 0.6 is 0 Å². The lowest BCUT2D eigenvalue weighted by Gasteiger charge is -2.44. The molecule has 0 amide bonds. The summed E-state index contributed by atoms with van der Waals surface area (Å²) >= 11 is 0. The highest BCUT2D eigenvalue weighted by atomic mass is 15.2. The van der Waals surface area contributed by atoms with Crippen LogP contribution in [0.25, 0.3) is 0 Å². The van der Waals surface area contributed by atoms with E-state index in [9.17, 15) is 0 Å². The summed E-state index contributed by atoms with van der Waals surface area (Å²) in [6.45, 7) is 9.66. The molecule has 2 rings (SSSR count). The van der Waals surface area contributed by atoms with Crippen LogP contribution in [0.3, 0.4) is 0 Å². The van der Waals surface area contributed by atoms with Crippen LogP contribution in [0.4, 0.5) is 0 Å². The minimum atomic E-state index is 0.430. The normalized spacial score (nSPS) is 41.4. The molecule has 0 spiro atoms. The van der Waals surface area contributed by atoms with Crippen molar-refractivity contribution in [2.45, 2.75) is 76.9 Å². The third-order valence-electron chi connectivity index (χ3n) is 4.87. The van der Waals surface area contributed by atoms with E-state index in [2.05, 4.69) is 31.0 Å². The number of likely N-dealkylation sites (tertiary alicyclic amines) is 1. The topological polar surface area (TPSA) is 15.3 Å². The van der Waals surface area contributed by atoms with E-state index in [0.717, 1.165) is 12.1 Å². The van der Waals surface area contributed by atoms with E-state index in [0.29, 0.717) is 5.54 Å². The van der Waals surface area contributed by atoms with Gasteiger partial charge in [-0.3, -0.25) is 4.90 Å². The van der Waals surface area contributed by atoms with Gasteiger partial charge >= 0.3 is 0 Å². The number of nitrogens with one attached hydrogen (secondary N) is 1. The maximum absolute atomic E-state index is 3.77. The zero-order valence-corrected chi connectivity index (χ0v) is 11.3. The van der Waals surface area contributed by atoms with Crippen LogP contribution in [0.5, 0.6) is 0 Å². The summed E-state index contributed by atoms with van der Waals surface area (Å²) in [7, 11) is 0. The average Bonchev–Trinajstić information content (AvgIpc) is 2.73. The third-order valence-corrected chi connectivity index (χ3v) is 4.87. The number of hydrogen-bond donors (Lipinski definition) is 1. The van der Waals surface area contributed by atoms with Gasteiger partial charge in [0.25, 0.3) is 0 Å². The summed E-state index contributed by atoms with van der Waals surface area (Å²) in [5.41, 5.74) is 0.430. The van der Waals surface area contributed by atoms with Gasteiger partial charge in [-0.25, -0.2) is 0 Å². The Hall–Kier alpha value is -0.0800. The van der Waals surface area contributed by atoms with Gasteiger partial charge in [0, 0.05) is 24.2 Å². The molecular weight excluding hydrogens is 196 g/mol. The van der Waals surface area contributed by atoms with Crippen LogP contribution in [0.1, 0.15) is 59.3 Å². The predicted molar refractivity (Wildman–Crippen MR) is 69.7 cm³/mol. The number of piperidine rings is 1. The van der Waals surface area contributed by atoms with Gasteiger partial charge < -0.3 is 5.32 Å². The molecule has 94 valence electrons. The minimum absolute atomic E-state index is 0.430. The van der Waals surface area contributed by atoms with E-state index in [1.807, 2.05) is 0 Å². The summed E-state index contributed by atoms with van der Waals surface area (Å²) in [4.78, 5) is 2.76. The molecule has 0 bridgehead atoms. The Bertz CT molecular complexity index is 211. The molecule has 0 radical (unpaired) electrons. The molecule has 2 nitrogen and oxygen atoms in total. The van der Waals surface area contributed by atoms with Crippen molar-refractivity contribution >= 4 is 0 Å². The van der Waals surface area contributed by atoms with E-state index in [1.165, 1.54) is 51.6 Å². The fourth-order valence-electron chi connectivity index (χ4n) is 3.55. The lowest BCUT2D eigenvalue weighted by molar-refractivity contribution is 0.0682. The van der Waals surface area contributed by atoms with Gasteiger partial charge in [-0.2, -0.15) is 0 Å². The highest BCUT2D eigenvalue weighted by molar-refractivity contribution is 4.97. The fraction of sp³-hybridized carbons (Fsp3) is 1.00. The van der Waals surface area contributed by atoms with Crippen molar-refractivity contribution in [1.82, 2.24) is 10.2 Å². The van der Waals surface area contributed by atoms with E-state index >= 15 is 0 Å². The molecule has 2 aliphatic heterocycles. The van der Waals surface area contributed by atoms with E-state index in [4.69, 9.17) is 0 Å². The Morgan fingerprint density at radius 3 is 2.38 bits per heavy atom. The molecule has 0 aromatic rings. The van der Waals surface area contributed by atoms with E-state index in [1.54, 1.807) is 0 Å². The highest BCUT2D eigenvalue weighted by Gasteiger charge is 2.36. The molecule has 1 N–H and O–H groups in total. The average molecular weight is 224 g/mol. The summed E-state index contributed by atoms with van der Waals surface area (Å²) in [5.74, 6) is 0. The van der Waals surface area contributed by atoms with Crippen LogP contribution in [0.15, 0.2) is 0 Å². The van der Waals surface area contributed by atoms with Gasteiger partial charge in [0.05, 0.1) is 0 Å². The smallest absolute Gasteiger partial charge is 0.0306 e. The van der Waals surface area contributed by atoms with E-state index < -0.39 is 0 Å². The Kier molecular flexibility index (Phi) is 3.91. The molecule has 16 heavy (non-hydrogen) atoms. The van der Waals surface area contributed by atoms with Crippen molar-refractivity contribution in [3.05, 3.63) is 0 Å². The summed E-state index contributed by atoms with van der Waals surface area (Å²) in [6.07, 6.45) is 8.23. The van der Waals surface area contributed by atoms with Gasteiger partial charge in [0.15, 0.2) is 0 Å². The third kappa shape index (κ3) is 2.43. The number of hydrogen-bond acceptors (Lipinski definition) is 2. The van der Waals surface area contributed by atoms with Crippen LogP contribution in [0.2, 0.25) is 0 Å². The van der Waals surface area contributed by atoms with Crippen LogP contribution in [-0.4, -0.2) is 35.6 Å². The van der Waals surface area contributed by atoms with Gasteiger partial charge in [-0.05, 0) is 52.5 Å². The van der Waals surface area contributed by atoms with Crippen molar-refractivity contribution in [3.63, 3.8) is 0 Å². The second-order valence-electron chi connectivity index (χ2n) is 5.97. The Labute approximate surface area is 101 Å². The largest absolute Gasteiger partial charge is 0.310 e. The minimum Gasteiger partial charge on any atom is -0.310 e. The highest BCUT2D eigenvalue weighted by Crippen LogP contribution is 2.29. The Morgan fingerprint density at radius 2 is 1.88 bits per heavy atom. The first-order valence-corrected chi connectivity index (χ1v) is 7.18. The molecule has 2 heteroatoms. The van der Waals surface area contributed by atoms with Crippen LogP contribution < -0.4 is 5.32 Å². The quantitative estimate of drug-likeness (QED) is 0.793. The second kappa shape index (κ2) is 5.05. The van der Waals surface area contributed by atoms with Crippen molar-refractivity contribution in [3.8, 4) is 0 Å². The molecule has 0 aliphatic carbocycles. The fourth-order valence-corrected chi connectivity index (χ4v) is 3.55. The van der Waals surface area contributed by atoms with Crippen molar-refractivity contribution in [2.75, 3.05) is 13.1 Å². The molecule has 3 unspecified atom stereocenters. The lowest BCUT2D eigenvalue weighted by Crippen LogP contribution is -2.55. The first-order chi connectivity index (χ1) is 7.67. The van der Waals surface area contributed by atoms with Gasteiger partial charge in [-0.1, -0.05) is 13.3 Å². The van der Waals surface area contributed by atoms with Crippen LogP contribution in [0, 0.1) is 0 Å². The second-order valence-corrected chi connectivity index (χ2v) is 5.97. The molecule has 0 saturated carbocycles. The molecule has 2 saturated heterocycles. The van der Waals surface area contributed by atoms with Gasteiger partial charge in [0.1, 0.15) is 0 Å². The summed E-state index contributed by atoms with van der Waals surface area (Å²) < 4.78 is 0. The lowest BCUT2D eigenvalue weighted by atomic mass is 9.89. The standard InChI is InChI=1S/C14H28N2/c1-4-14(9-6-10-15-14)11-16-12(2)7-5-8-13(16)3/h12-13,15H,4-11H2,1-3H3. The maximum atomic E-state index is 3.77. The molecular formula is C14H28N2. The molecule has 0 aromatic carbocycles. The Morgan fingerprint density at radius 1 is 1.19 bits per heavy atom. The summed E-state index contributed by atoms with van der Waals surface area (Å²) in [6, 6.07) is 1.57. The number of nitrogens with zero attached hydrogens (tertiary/aromatic N) is 1. The van der Waals surface area contributed by atoms with Crippen molar-refractivity contribution in [1.29, 1.82) is 0 Å². The Balaban J connectivity index is 2.00. The molecule has 2 heterocycles. The monoisotopic (exact) mass is 224 g/mol. The van der Waals surface area contributed by atoms with Crippen molar-refractivity contribution in [2.24, 2.45) is 0 Å². The van der Waals surface area contributed by atoms with Crippen molar-refractivity contribution < 1.29 is 0 Å². The van der Waals surface area contributed by atoms with Crippen LogP contribution in [-0.2, 0) is 0 Å². The van der Waals surface area contributed by atoms with E-state index in [-0.39, 0.29) is 0 Å². The molecule has 2 fully saturated rings. The molecule has 0 aromatic heterocycles.